The highest BCUT2D eigenvalue weighted by molar-refractivity contribution is 6.05. The number of hydrogen-bond donors (Lipinski definition) is 2. The minimum absolute atomic E-state index is 0.0380. The third kappa shape index (κ3) is 3.80. The van der Waals surface area contributed by atoms with Crippen LogP contribution in [0.4, 0.5) is 10.1 Å². The van der Waals surface area contributed by atoms with Crippen molar-refractivity contribution in [3.8, 4) is 0 Å². The van der Waals surface area contributed by atoms with Gasteiger partial charge in [0.15, 0.2) is 0 Å². The van der Waals surface area contributed by atoms with Gasteiger partial charge in [0.25, 0.3) is 5.91 Å². The van der Waals surface area contributed by atoms with Crippen molar-refractivity contribution in [2.75, 3.05) is 5.32 Å². The molecule has 1 heterocycles. The van der Waals surface area contributed by atoms with Crippen molar-refractivity contribution in [1.29, 1.82) is 0 Å². The van der Waals surface area contributed by atoms with Gasteiger partial charge >= 0.3 is 0 Å². The lowest BCUT2D eigenvalue weighted by molar-refractivity contribution is -0.0197. The molecule has 0 saturated carbocycles. The third-order valence-corrected chi connectivity index (χ3v) is 4.89. The Morgan fingerprint density at radius 3 is 2.58 bits per heavy atom. The van der Waals surface area contributed by atoms with Crippen LogP contribution in [-0.4, -0.2) is 20.8 Å². The summed E-state index contributed by atoms with van der Waals surface area (Å²) in [6.07, 6.45) is 2.42. The smallest absolute Gasteiger partial charge is 0.262 e. The number of anilines is 1. The van der Waals surface area contributed by atoms with Crippen LogP contribution < -0.4 is 5.32 Å². The van der Waals surface area contributed by atoms with E-state index in [1.807, 2.05) is 26.0 Å². The number of para-hydroxylation sites is 1. The molecule has 2 aromatic rings. The Morgan fingerprint density at radius 2 is 2.04 bits per heavy atom. The molecule has 2 rings (SSSR count). The fraction of sp³-hybridized carbons (Fsp3) is 0.500. The van der Waals surface area contributed by atoms with Crippen LogP contribution in [0.2, 0.25) is 0 Å². The first-order valence-corrected chi connectivity index (χ1v) is 9.04. The topological polar surface area (TPSA) is 67.2 Å². The number of carbonyl (C=O) groups is 1. The summed E-state index contributed by atoms with van der Waals surface area (Å²) in [7, 11) is 1.45. The zero-order valence-corrected chi connectivity index (χ0v) is 16.1. The quantitative estimate of drug-likeness (QED) is 0.778. The van der Waals surface area contributed by atoms with Gasteiger partial charge in [-0.05, 0) is 25.3 Å². The molecule has 142 valence electrons. The fourth-order valence-electron chi connectivity index (χ4n) is 3.22. The van der Waals surface area contributed by atoms with Crippen molar-refractivity contribution in [2.24, 2.45) is 13.0 Å². The van der Waals surface area contributed by atoms with Crippen molar-refractivity contribution >= 4 is 11.6 Å². The molecule has 0 saturated heterocycles. The Labute approximate surface area is 154 Å². The van der Waals surface area contributed by atoms with Crippen molar-refractivity contribution in [3.05, 3.63) is 47.0 Å². The van der Waals surface area contributed by atoms with Gasteiger partial charge in [0, 0.05) is 18.3 Å². The Balaban J connectivity index is 2.41. The molecule has 0 radical (unpaired) electrons. The number of hydrogen-bond acceptors (Lipinski definition) is 3. The summed E-state index contributed by atoms with van der Waals surface area (Å²) < 4.78 is 15.2. The van der Waals surface area contributed by atoms with Crippen LogP contribution in [0.5, 0.6) is 0 Å². The van der Waals surface area contributed by atoms with Crippen LogP contribution >= 0.6 is 0 Å². The molecule has 0 aliphatic rings. The van der Waals surface area contributed by atoms with Gasteiger partial charge in [-0.1, -0.05) is 51.8 Å². The largest absolute Gasteiger partial charge is 0.385 e. The first kappa shape index (κ1) is 20.1. The van der Waals surface area contributed by atoms with E-state index in [4.69, 9.17) is 0 Å². The molecule has 0 fully saturated rings. The lowest BCUT2D eigenvalue weighted by Crippen LogP contribution is -2.33. The second-order valence-electron chi connectivity index (χ2n) is 7.06. The van der Waals surface area contributed by atoms with Gasteiger partial charge in [-0.2, -0.15) is 9.49 Å². The fourth-order valence-corrected chi connectivity index (χ4v) is 3.22. The van der Waals surface area contributed by atoms with Gasteiger partial charge in [0.05, 0.1) is 11.3 Å². The summed E-state index contributed by atoms with van der Waals surface area (Å²) in [6, 6.07) is 7.17. The minimum atomic E-state index is -1.07. The molecule has 1 atom stereocenters. The van der Waals surface area contributed by atoms with Gasteiger partial charge in [-0.3, -0.25) is 4.79 Å². The van der Waals surface area contributed by atoms with Crippen molar-refractivity contribution < 1.29 is 14.3 Å². The molecule has 6 heteroatoms. The number of aryl methyl sites for hydroxylation is 2. The molecule has 2 N–H and O–H groups in total. The van der Waals surface area contributed by atoms with E-state index in [0.717, 1.165) is 17.5 Å². The van der Waals surface area contributed by atoms with Gasteiger partial charge < -0.3 is 10.4 Å². The molecule has 1 amide bonds. The first-order chi connectivity index (χ1) is 12.2. The van der Waals surface area contributed by atoms with E-state index >= 15 is 0 Å². The maximum absolute atomic E-state index is 14.2. The lowest BCUT2D eigenvalue weighted by Gasteiger charge is -2.34. The molecule has 5 nitrogen and oxygen atoms in total. The number of carbonyl (C=O) groups excluding carboxylic acids is 1. The second-order valence-corrected chi connectivity index (χ2v) is 7.06. The van der Waals surface area contributed by atoms with Crippen LogP contribution in [0.3, 0.4) is 0 Å². The van der Waals surface area contributed by atoms with Crippen LogP contribution in [0, 0.1) is 18.8 Å². The summed E-state index contributed by atoms with van der Waals surface area (Å²) in [5.41, 5.74) is 0.322. The van der Waals surface area contributed by atoms with E-state index < -0.39 is 17.5 Å². The highest BCUT2D eigenvalue weighted by atomic mass is 19.1. The second kappa shape index (κ2) is 7.99. The summed E-state index contributed by atoms with van der Waals surface area (Å²) >= 11 is 0. The minimum Gasteiger partial charge on any atom is -0.385 e. The molecule has 1 aromatic carbocycles. The summed E-state index contributed by atoms with van der Waals surface area (Å²) in [4.78, 5) is 12.6. The summed E-state index contributed by atoms with van der Waals surface area (Å²) in [5.74, 6) is -1.28. The van der Waals surface area contributed by atoms with E-state index in [0.29, 0.717) is 23.4 Å². The average molecular weight is 361 g/mol. The monoisotopic (exact) mass is 361 g/mol. The van der Waals surface area contributed by atoms with E-state index in [1.165, 1.54) is 7.05 Å². The normalized spacial score (nSPS) is 13.7. The highest BCUT2D eigenvalue weighted by Crippen LogP contribution is 2.38. The molecule has 26 heavy (non-hydrogen) atoms. The van der Waals surface area contributed by atoms with Gasteiger partial charge in [0.2, 0.25) is 5.95 Å². The lowest BCUT2D eigenvalue weighted by atomic mass is 9.78. The predicted octanol–water partition coefficient (Wildman–Crippen LogP) is 4.15. The van der Waals surface area contributed by atoms with Crippen molar-refractivity contribution in [1.82, 2.24) is 9.78 Å². The zero-order chi connectivity index (χ0) is 19.5. The molecule has 1 aromatic heterocycles. The highest BCUT2D eigenvalue weighted by Gasteiger charge is 2.35. The third-order valence-electron chi connectivity index (χ3n) is 4.89. The molecule has 0 aliphatic carbocycles. The van der Waals surface area contributed by atoms with E-state index in [2.05, 4.69) is 17.3 Å². The average Bonchev–Trinajstić information content (AvgIpc) is 2.85. The molecule has 0 bridgehead atoms. The van der Waals surface area contributed by atoms with E-state index in [9.17, 15) is 14.3 Å². The number of halogens is 1. The SMILES string of the molecule is CCCCC(O)(c1ccccc1NC(=O)c1c(C)nn(C)c1F)C(C)C. The van der Waals surface area contributed by atoms with Crippen LogP contribution in [-0.2, 0) is 12.6 Å². The number of rotatable bonds is 7. The number of amides is 1. The van der Waals surface area contributed by atoms with E-state index in [1.54, 1.807) is 19.1 Å². The zero-order valence-electron chi connectivity index (χ0n) is 16.1. The summed E-state index contributed by atoms with van der Waals surface area (Å²) in [6.45, 7) is 7.58. The number of benzene rings is 1. The molecule has 0 aliphatic heterocycles. The summed E-state index contributed by atoms with van der Waals surface area (Å²) in [5, 5.41) is 18.0. The Hall–Kier alpha value is -2.21. The van der Waals surface area contributed by atoms with Crippen LogP contribution in [0.15, 0.2) is 24.3 Å². The molecule has 1 unspecified atom stereocenters. The first-order valence-electron chi connectivity index (χ1n) is 9.04. The van der Waals surface area contributed by atoms with E-state index in [-0.39, 0.29) is 11.5 Å². The molecular weight excluding hydrogens is 333 g/mol. The number of nitrogens with zero attached hydrogens (tertiary/aromatic N) is 2. The standard InChI is InChI=1S/C20H28FN3O2/c1-6-7-12-20(26,13(2)3)15-10-8-9-11-16(15)22-19(25)17-14(4)23-24(5)18(17)21/h8-11,13,26H,6-7,12H2,1-5H3,(H,22,25). The number of aromatic nitrogens is 2. The number of aliphatic hydroxyl groups is 1. The Bertz CT molecular complexity index is 785. The van der Waals surface area contributed by atoms with Crippen LogP contribution in [0.25, 0.3) is 0 Å². The van der Waals surface area contributed by atoms with Crippen molar-refractivity contribution in [2.45, 2.75) is 52.6 Å². The van der Waals surface area contributed by atoms with Crippen molar-refractivity contribution in [3.63, 3.8) is 0 Å². The Kier molecular flexibility index (Phi) is 6.18. The Morgan fingerprint density at radius 1 is 1.38 bits per heavy atom. The van der Waals surface area contributed by atoms with Gasteiger partial charge in [-0.25, -0.2) is 4.68 Å². The van der Waals surface area contributed by atoms with Crippen LogP contribution in [0.1, 0.15) is 61.6 Å². The molecule has 0 spiro atoms. The number of unbranched alkanes of at least 4 members (excludes halogenated alkanes) is 1. The molecular formula is C20H28FN3O2. The maximum atomic E-state index is 14.2. The predicted molar refractivity (Wildman–Crippen MR) is 101 cm³/mol. The van der Waals surface area contributed by atoms with Gasteiger partial charge in [-0.15, -0.1) is 0 Å². The number of nitrogens with one attached hydrogen (secondary N) is 1. The van der Waals surface area contributed by atoms with Gasteiger partial charge in [0.1, 0.15) is 5.56 Å². The maximum Gasteiger partial charge on any atom is 0.262 e.